The van der Waals surface area contributed by atoms with Crippen LogP contribution < -0.4 is 21.1 Å². The van der Waals surface area contributed by atoms with Crippen LogP contribution in [-0.4, -0.2) is 38.2 Å². The molecule has 28 heavy (non-hydrogen) atoms. The van der Waals surface area contributed by atoms with Gasteiger partial charge in [-0.05, 0) is 23.3 Å². The third-order valence-corrected chi connectivity index (χ3v) is 4.05. The highest BCUT2D eigenvalue weighted by Gasteiger charge is 2.20. The van der Waals surface area contributed by atoms with Crippen molar-refractivity contribution >= 4 is 17.9 Å². The van der Waals surface area contributed by atoms with E-state index in [1.165, 1.54) is 14.2 Å². The van der Waals surface area contributed by atoms with Gasteiger partial charge >= 0.3 is 12.0 Å². The Morgan fingerprint density at radius 3 is 2.36 bits per heavy atom. The minimum atomic E-state index is -0.821. The van der Waals surface area contributed by atoms with E-state index in [0.717, 1.165) is 5.56 Å². The third-order valence-electron chi connectivity index (χ3n) is 4.05. The molecule has 2 aromatic rings. The molecule has 4 N–H and O–H groups in total. The van der Waals surface area contributed by atoms with Gasteiger partial charge in [-0.1, -0.05) is 36.4 Å². The van der Waals surface area contributed by atoms with Crippen LogP contribution in [0.15, 0.2) is 48.5 Å². The summed E-state index contributed by atoms with van der Waals surface area (Å²) in [5.74, 6) is -0.556. The van der Waals surface area contributed by atoms with Crippen molar-refractivity contribution in [2.24, 2.45) is 5.73 Å². The minimum Gasteiger partial charge on any atom is -0.496 e. The molecule has 1 atom stereocenters. The van der Waals surface area contributed by atoms with E-state index in [-0.39, 0.29) is 12.1 Å². The average Bonchev–Trinajstić information content (AvgIpc) is 2.71. The van der Waals surface area contributed by atoms with Crippen molar-refractivity contribution in [3.63, 3.8) is 0 Å². The molecule has 0 fully saturated rings. The van der Waals surface area contributed by atoms with E-state index >= 15 is 0 Å². The van der Waals surface area contributed by atoms with Gasteiger partial charge in [-0.3, -0.25) is 4.79 Å². The van der Waals surface area contributed by atoms with Crippen molar-refractivity contribution < 1.29 is 23.9 Å². The lowest BCUT2D eigenvalue weighted by Gasteiger charge is -2.18. The number of urea groups is 1. The van der Waals surface area contributed by atoms with Crippen LogP contribution in [0, 0.1) is 0 Å². The van der Waals surface area contributed by atoms with E-state index in [9.17, 15) is 14.4 Å². The van der Waals surface area contributed by atoms with Crippen molar-refractivity contribution in [2.75, 3.05) is 14.2 Å². The van der Waals surface area contributed by atoms with E-state index in [4.69, 9.17) is 15.2 Å². The summed E-state index contributed by atoms with van der Waals surface area (Å²) in [4.78, 5) is 35.7. The number of carbonyl (C=O) groups excluding carboxylic acids is 3. The lowest BCUT2D eigenvalue weighted by atomic mass is 10.0. The first-order valence-corrected chi connectivity index (χ1v) is 8.57. The summed E-state index contributed by atoms with van der Waals surface area (Å²) in [6, 6.07) is 12.6. The molecule has 0 aromatic heterocycles. The Bertz CT molecular complexity index is 839. The summed E-state index contributed by atoms with van der Waals surface area (Å²) in [5, 5.41) is 5.20. The van der Waals surface area contributed by atoms with Gasteiger partial charge in [0.1, 0.15) is 17.4 Å². The topological polar surface area (TPSA) is 120 Å². The SMILES string of the molecule is COC(=O)c1cc(CNC(=O)C(Cc2ccccc2)NC(N)=O)ccc1OC. The van der Waals surface area contributed by atoms with Crippen molar-refractivity contribution in [3.05, 3.63) is 65.2 Å². The summed E-state index contributed by atoms with van der Waals surface area (Å²) >= 11 is 0. The first-order valence-electron chi connectivity index (χ1n) is 8.57. The van der Waals surface area contributed by atoms with Crippen molar-refractivity contribution in [1.82, 2.24) is 10.6 Å². The second-order valence-electron chi connectivity index (χ2n) is 5.99. The summed E-state index contributed by atoms with van der Waals surface area (Å²) in [7, 11) is 2.73. The molecule has 0 heterocycles. The largest absolute Gasteiger partial charge is 0.496 e. The van der Waals surface area contributed by atoms with Crippen molar-refractivity contribution in [2.45, 2.75) is 19.0 Å². The van der Waals surface area contributed by atoms with Crippen LogP contribution in [-0.2, 0) is 22.5 Å². The molecule has 8 heteroatoms. The van der Waals surface area contributed by atoms with Crippen molar-refractivity contribution in [1.29, 1.82) is 0 Å². The fourth-order valence-corrected chi connectivity index (χ4v) is 2.68. The number of esters is 1. The summed E-state index contributed by atoms with van der Waals surface area (Å²) in [6.07, 6.45) is 0.297. The van der Waals surface area contributed by atoms with Gasteiger partial charge in [0.25, 0.3) is 0 Å². The van der Waals surface area contributed by atoms with Crippen LogP contribution in [0.2, 0.25) is 0 Å². The second-order valence-corrected chi connectivity index (χ2v) is 5.99. The molecule has 148 valence electrons. The molecule has 0 spiro atoms. The molecule has 1 unspecified atom stereocenters. The lowest BCUT2D eigenvalue weighted by molar-refractivity contribution is -0.123. The number of hydrogen-bond donors (Lipinski definition) is 3. The molecular formula is C20H23N3O5. The maximum absolute atomic E-state index is 12.6. The minimum absolute atomic E-state index is 0.151. The zero-order valence-electron chi connectivity index (χ0n) is 15.7. The number of methoxy groups -OCH3 is 2. The fraction of sp³-hybridized carbons (Fsp3) is 0.250. The van der Waals surface area contributed by atoms with Crippen LogP contribution in [0.1, 0.15) is 21.5 Å². The Labute approximate surface area is 163 Å². The molecule has 8 nitrogen and oxygen atoms in total. The first kappa shape index (κ1) is 20.8. The monoisotopic (exact) mass is 385 g/mol. The molecule has 0 saturated carbocycles. The predicted octanol–water partition coefficient (Wildman–Crippen LogP) is 1.38. The first-order chi connectivity index (χ1) is 13.4. The fourth-order valence-electron chi connectivity index (χ4n) is 2.68. The number of hydrogen-bond acceptors (Lipinski definition) is 5. The van der Waals surface area contributed by atoms with Crippen LogP contribution >= 0.6 is 0 Å². The highest BCUT2D eigenvalue weighted by Crippen LogP contribution is 2.20. The molecule has 0 aliphatic heterocycles. The van der Waals surface area contributed by atoms with E-state index < -0.39 is 23.9 Å². The number of carbonyl (C=O) groups is 3. The molecular weight excluding hydrogens is 362 g/mol. The van der Waals surface area contributed by atoms with Crippen LogP contribution in [0.4, 0.5) is 4.79 Å². The second kappa shape index (κ2) is 9.96. The molecule has 0 radical (unpaired) electrons. The molecule has 0 saturated heterocycles. The standard InChI is InChI=1S/C20H23N3O5/c1-27-17-9-8-14(10-15(17)19(25)28-2)12-22-18(24)16(23-20(21)26)11-13-6-4-3-5-7-13/h3-10,16H,11-12H2,1-2H3,(H,22,24)(H3,21,23,26). The molecule has 0 bridgehead atoms. The van der Waals surface area contributed by atoms with Crippen LogP contribution in [0.5, 0.6) is 5.75 Å². The van der Waals surface area contributed by atoms with Gasteiger partial charge in [0.2, 0.25) is 5.91 Å². The van der Waals surface area contributed by atoms with Gasteiger partial charge in [0, 0.05) is 13.0 Å². The predicted molar refractivity (Wildman–Crippen MR) is 103 cm³/mol. The zero-order valence-corrected chi connectivity index (χ0v) is 15.7. The van der Waals surface area contributed by atoms with E-state index in [2.05, 4.69) is 10.6 Å². The number of rotatable bonds is 8. The Kier molecular flexibility index (Phi) is 7.38. The molecule has 0 aliphatic carbocycles. The maximum Gasteiger partial charge on any atom is 0.341 e. The third kappa shape index (κ3) is 5.73. The molecule has 2 rings (SSSR count). The van der Waals surface area contributed by atoms with Crippen molar-refractivity contribution in [3.8, 4) is 5.75 Å². The smallest absolute Gasteiger partial charge is 0.341 e. The normalized spacial score (nSPS) is 11.2. The highest BCUT2D eigenvalue weighted by atomic mass is 16.5. The van der Waals surface area contributed by atoms with E-state index in [1.807, 2.05) is 30.3 Å². The maximum atomic E-state index is 12.6. The van der Waals surface area contributed by atoms with Gasteiger partial charge in [-0.2, -0.15) is 0 Å². The molecule has 2 aromatic carbocycles. The number of nitrogens with one attached hydrogen (secondary N) is 2. The molecule has 3 amide bonds. The number of primary amides is 1. The zero-order chi connectivity index (χ0) is 20.5. The Morgan fingerprint density at radius 1 is 1.04 bits per heavy atom. The quantitative estimate of drug-likeness (QED) is 0.593. The Balaban J connectivity index is 2.09. The Morgan fingerprint density at radius 2 is 1.75 bits per heavy atom. The van der Waals surface area contributed by atoms with Crippen LogP contribution in [0.3, 0.4) is 0 Å². The number of ether oxygens (including phenoxy) is 2. The lowest BCUT2D eigenvalue weighted by Crippen LogP contribution is -2.49. The van der Waals surface area contributed by atoms with Gasteiger partial charge < -0.3 is 25.8 Å². The van der Waals surface area contributed by atoms with Gasteiger partial charge in [0.05, 0.1) is 14.2 Å². The summed E-state index contributed by atoms with van der Waals surface area (Å²) in [5.41, 5.74) is 7.01. The van der Waals surface area contributed by atoms with E-state index in [0.29, 0.717) is 17.7 Å². The Hall–Kier alpha value is -3.55. The van der Waals surface area contributed by atoms with Crippen LogP contribution in [0.25, 0.3) is 0 Å². The number of nitrogens with two attached hydrogens (primary N) is 1. The van der Waals surface area contributed by atoms with E-state index in [1.54, 1.807) is 18.2 Å². The number of benzene rings is 2. The average molecular weight is 385 g/mol. The summed E-state index contributed by atoms with van der Waals surface area (Å²) in [6.45, 7) is 0.151. The van der Waals surface area contributed by atoms with Gasteiger partial charge in [-0.15, -0.1) is 0 Å². The number of amides is 3. The summed E-state index contributed by atoms with van der Waals surface area (Å²) < 4.78 is 9.89. The molecule has 0 aliphatic rings. The van der Waals surface area contributed by atoms with Gasteiger partial charge in [-0.25, -0.2) is 9.59 Å². The van der Waals surface area contributed by atoms with Gasteiger partial charge in [0.15, 0.2) is 0 Å². The highest BCUT2D eigenvalue weighted by molar-refractivity contribution is 5.92.